The average Bonchev–Trinajstić information content (AvgIpc) is 3.73. The number of H-pyrrole nitrogens is 2. The SMILES string of the molecule is O=C(Nc1cncc(-c2cnc3[nH]nc(-c4nc5c(-c6ccoc6)nccc5[nH]4)c3c2F)c1)c1ccccc1. The zero-order valence-electron chi connectivity index (χ0n) is 20.0. The van der Waals surface area contributed by atoms with Gasteiger partial charge in [-0.05, 0) is 30.3 Å². The van der Waals surface area contributed by atoms with Crippen LogP contribution in [0.4, 0.5) is 10.1 Å². The summed E-state index contributed by atoms with van der Waals surface area (Å²) in [6, 6.07) is 14.0. The number of pyridine rings is 3. The summed E-state index contributed by atoms with van der Waals surface area (Å²) in [6.07, 6.45) is 9.21. The minimum atomic E-state index is -0.550. The van der Waals surface area contributed by atoms with Gasteiger partial charge in [-0.1, -0.05) is 18.2 Å². The minimum Gasteiger partial charge on any atom is -0.472 e. The largest absolute Gasteiger partial charge is 0.472 e. The molecule has 1 aromatic carbocycles. The number of carbonyl (C=O) groups excluding carboxylic acids is 1. The lowest BCUT2D eigenvalue weighted by atomic mass is 10.1. The first-order valence-electron chi connectivity index (χ1n) is 11.9. The lowest BCUT2D eigenvalue weighted by Crippen LogP contribution is -2.11. The third kappa shape index (κ3) is 3.89. The molecule has 0 fully saturated rings. The molecular weight excluding hydrogens is 499 g/mol. The maximum Gasteiger partial charge on any atom is 0.255 e. The Morgan fingerprint density at radius 2 is 1.87 bits per heavy atom. The van der Waals surface area contributed by atoms with Crippen LogP contribution in [0.2, 0.25) is 0 Å². The summed E-state index contributed by atoms with van der Waals surface area (Å²) in [4.78, 5) is 33.5. The average molecular weight is 516 g/mol. The summed E-state index contributed by atoms with van der Waals surface area (Å²) >= 11 is 0. The molecule has 6 heterocycles. The van der Waals surface area contributed by atoms with Crippen molar-refractivity contribution in [1.29, 1.82) is 0 Å². The van der Waals surface area contributed by atoms with Crippen molar-refractivity contribution >= 4 is 33.7 Å². The molecular formula is C28H17FN8O2. The van der Waals surface area contributed by atoms with Gasteiger partial charge in [0.2, 0.25) is 0 Å². The highest BCUT2D eigenvalue weighted by Crippen LogP contribution is 2.34. The smallest absolute Gasteiger partial charge is 0.255 e. The van der Waals surface area contributed by atoms with Gasteiger partial charge in [0, 0.05) is 40.8 Å². The molecule has 0 atom stereocenters. The fourth-order valence-corrected chi connectivity index (χ4v) is 4.43. The third-order valence-electron chi connectivity index (χ3n) is 6.29. The Labute approximate surface area is 219 Å². The predicted octanol–water partition coefficient (Wildman–Crippen LogP) is 5.61. The number of anilines is 1. The van der Waals surface area contributed by atoms with E-state index in [0.29, 0.717) is 39.4 Å². The first kappa shape index (κ1) is 22.5. The van der Waals surface area contributed by atoms with E-state index in [1.165, 1.54) is 18.6 Å². The number of benzene rings is 1. The normalized spacial score (nSPS) is 11.3. The number of nitrogens with one attached hydrogen (secondary N) is 3. The fraction of sp³-hybridized carbons (Fsp3) is 0. The second-order valence-electron chi connectivity index (χ2n) is 8.72. The van der Waals surface area contributed by atoms with E-state index < -0.39 is 5.82 Å². The van der Waals surface area contributed by atoms with Crippen LogP contribution in [0.5, 0.6) is 0 Å². The van der Waals surface area contributed by atoms with Gasteiger partial charge in [-0.3, -0.25) is 19.9 Å². The fourth-order valence-electron chi connectivity index (χ4n) is 4.43. The maximum atomic E-state index is 16.1. The molecule has 3 N–H and O–H groups in total. The monoisotopic (exact) mass is 516 g/mol. The van der Waals surface area contributed by atoms with Crippen LogP contribution in [-0.2, 0) is 0 Å². The summed E-state index contributed by atoms with van der Waals surface area (Å²) in [5.41, 5.74) is 4.80. The van der Waals surface area contributed by atoms with Crippen molar-refractivity contribution in [3.63, 3.8) is 0 Å². The molecule has 0 radical (unpaired) electrons. The zero-order chi connectivity index (χ0) is 26.3. The van der Waals surface area contributed by atoms with E-state index in [2.05, 4.69) is 40.4 Å². The van der Waals surface area contributed by atoms with E-state index in [0.717, 1.165) is 5.56 Å². The third-order valence-corrected chi connectivity index (χ3v) is 6.29. The van der Waals surface area contributed by atoms with Gasteiger partial charge in [-0.25, -0.2) is 14.4 Å². The minimum absolute atomic E-state index is 0.170. The molecule has 0 aliphatic rings. The summed E-state index contributed by atoms with van der Waals surface area (Å²) in [7, 11) is 0. The number of nitrogens with zero attached hydrogens (tertiary/aromatic N) is 5. The molecule has 7 rings (SSSR count). The first-order valence-corrected chi connectivity index (χ1v) is 11.9. The van der Waals surface area contributed by atoms with Crippen molar-refractivity contribution in [2.75, 3.05) is 5.32 Å². The van der Waals surface area contributed by atoms with Crippen molar-refractivity contribution in [3.8, 4) is 33.9 Å². The number of imidazole rings is 1. The number of furan rings is 1. The number of amides is 1. The quantitative estimate of drug-likeness (QED) is 0.270. The molecule has 11 heteroatoms. The van der Waals surface area contributed by atoms with Gasteiger partial charge in [0.05, 0.1) is 35.3 Å². The lowest BCUT2D eigenvalue weighted by Gasteiger charge is -2.08. The van der Waals surface area contributed by atoms with Crippen molar-refractivity contribution < 1.29 is 13.6 Å². The van der Waals surface area contributed by atoms with Gasteiger partial charge in [0.25, 0.3) is 5.91 Å². The molecule has 0 aliphatic heterocycles. The number of aromatic amines is 2. The van der Waals surface area contributed by atoms with Gasteiger partial charge in [-0.15, -0.1) is 0 Å². The molecule has 6 aromatic heterocycles. The van der Waals surface area contributed by atoms with Crippen LogP contribution in [0.25, 0.3) is 56.0 Å². The number of halogens is 1. The zero-order valence-corrected chi connectivity index (χ0v) is 20.0. The van der Waals surface area contributed by atoms with Gasteiger partial charge in [0.1, 0.15) is 22.7 Å². The Hall–Kier alpha value is -5.71. The second kappa shape index (κ2) is 8.99. The van der Waals surface area contributed by atoms with Crippen LogP contribution in [0.1, 0.15) is 10.4 Å². The highest BCUT2D eigenvalue weighted by molar-refractivity contribution is 6.04. The highest BCUT2D eigenvalue weighted by Gasteiger charge is 2.22. The van der Waals surface area contributed by atoms with Crippen molar-refractivity contribution in [1.82, 2.24) is 35.1 Å². The summed E-state index contributed by atoms with van der Waals surface area (Å²) in [6.45, 7) is 0. The Bertz CT molecular complexity index is 1980. The van der Waals surface area contributed by atoms with E-state index in [1.807, 2.05) is 6.07 Å². The number of hydrogen-bond donors (Lipinski definition) is 3. The molecule has 0 unspecified atom stereocenters. The van der Waals surface area contributed by atoms with E-state index in [-0.39, 0.29) is 28.2 Å². The Morgan fingerprint density at radius 1 is 0.974 bits per heavy atom. The van der Waals surface area contributed by atoms with E-state index in [9.17, 15) is 4.79 Å². The van der Waals surface area contributed by atoms with E-state index in [1.54, 1.807) is 61.2 Å². The van der Waals surface area contributed by atoms with Gasteiger partial charge < -0.3 is 14.7 Å². The predicted molar refractivity (Wildman–Crippen MR) is 142 cm³/mol. The number of aromatic nitrogens is 7. The molecule has 0 bridgehead atoms. The van der Waals surface area contributed by atoms with Crippen molar-refractivity contribution in [2.45, 2.75) is 0 Å². The van der Waals surface area contributed by atoms with E-state index in [4.69, 9.17) is 4.42 Å². The van der Waals surface area contributed by atoms with Gasteiger partial charge in [-0.2, -0.15) is 5.10 Å². The highest BCUT2D eigenvalue weighted by atomic mass is 19.1. The van der Waals surface area contributed by atoms with Crippen LogP contribution in [-0.4, -0.2) is 41.0 Å². The van der Waals surface area contributed by atoms with Crippen LogP contribution in [0.15, 0.2) is 90.3 Å². The lowest BCUT2D eigenvalue weighted by molar-refractivity contribution is 0.102. The molecule has 188 valence electrons. The Balaban J connectivity index is 1.29. The second-order valence-corrected chi connectivity index (χ2v) is 8.72. The number of hydrogen-bond acceptors (Lipinski definition) is 7. The Kier molecular flexibility index (Phi) is 5.18. The number of carbonyl (C=O) groups is 1. The molecule has 1 amide bonds. The van der Waals surface area contributed by atoms with Crippen molar-refractivity contribution in [2.24, 2.45) is 0 Å². The first-order chi connectivity index (χ1) is 19.2. The molecule has 39 heavy (non-hydrogen) atoms. The van der Waals surface area contributed by atoms with Gasteiger partial charge in [0.15, 0.2) is 11.5 Å². The summed E-state index contributed by atoms with van der Waals surface area (Å²) < 4.78 is 21.3. The molecule has 7 aromatic rings. The van der Waals surface area contributed by atoms with Crippen LogP contribution in [0.3, 0.4) is 0 Å². The number of fused-ring (bicyclic) bond motifs is 2. The number of rotatable bonds is 5. The van der Waals surface area contributed by atoms with E-state index >= 15 is 4.39 Å². The Morgan fingerprint density at radius 3 is 2.72 bits per heavy atom. The standard InChI is InChI=1S/C28H17FN8O2/c29-22-19(17-10-18(12-30-11-17)33-28(38)15-4-2-1-3-5-15)13-32-26-21(22)25(36-37-26)27-34-20-6-8-31-23(24(20)35-27)16-7-9-39-14-16/h1-14H,(H,33,38)(H,34,35)(H,32,36,37). The molecule has 0 aliphatic carbocycles. The molecule has 0 spiro atoms. The topological polar surface area (TPSA) is 138 Å². The van der Waals surface area contributed by atoms with Crippen molar-refractivity contribution in [3.05, 3.63) is 97.2 Å². The molecule has 0 saturated heterocycles. The summed E-state index contributed by atoms with van der Waals surface area (Å²) in [5.74, 6) is -0.491. The van der Waals surface area contributed by atoms with Crippen LogP contribution in [0, 0.1) is 5.82 Å². The van der Waals surface area contributed by atoms with Gasteiger partial charge >= 0.3 is 0 Å². The maximum absolute atomic E-state index is 16.1. The molecule has 0 saturated carbocycles. The summed E-state index contributed by atoms with van der Waals surface area (Å²) in [5, 5.41) is 10.1. The van der Waals surface area contributed by atoms with Crippen LogP contribution >= 0.6 is 0 Å². The molecule has 10 nitrogen and oxygen atoms in total. The van der Waals surface area contributed by atoms with Crippen LogP contribution < -0.4 is 5.32 Å².